The fourth-order valence-corrected chi connectivity index (χ4v) is 2.01. The normalized spacial score (nSPS) is 10.3. The molecule has 7 heteroatoms. The molecule has 6 nitrogen and oxygen atoms in total. The highest BCUT2D eigenvalue weighted by molar-refractivity contribution is 7.99. The summed E-state index contributed by atoms with van der Waals surface area (Å²) in [4.78, 5) is 11.0. The van der Waals surface area contributed by atoms with E-state index in [1.54, 1.807) is 0 Å². The van der Waals surface area contributed by atoms with Gasteiger partial charge in [0.05, 0.1) is 7.11 Å². The number of ether oxygens (including phenoxy) is 2. The van der Waals surface area contributed by atoms with Gasteiger partial charge in [0, 0.05) is 0 Å². The van der Waals surface area contributed by atoms with E-state index in [2.05, 4.69) is 14.9 Å². The molecule has 20 heavy (non-hydrogen) atoms. The number of para-hydroxylation sites is 1. The lowest BCUT2D eigenvalue weighted by molar-refractivity contribution is -0.137. The average molecular weight is 294 g/mol. The maximum atomic E-state index is 11.0. The van der Waals surface area contributed by atoms with Crippen LogP contribution < -0.4 is 4.74 Å². The summed E-state index contributed by atoms with van der Waals surface area (Å²) in [5.74, 6) is 0.928. The summed E-state index contributed by atoms with van der Waals surface area (Å²) in [5, 5.41) is 7.98. The third kappa shape index (κ3) is 3.99. The first kappa shape index (κ1) is 14.4. The van der Waals surface area contributed by atoms with E-state index in [1.165, 1.54) is 7.11 Å². The highest BCUT2D eigenvalue weighted by Crippen LogP contribution is 2.19. The third-order valence-corrected chi connectivity index (χ3v) is 3.23. The van der Waals surface area contributed by atoms with Gasteiger partial charge in [0.1, 0.15) is 11.5 Å². The second-order valence-corrected chi connectivity index (χ2v) is 4.81. The van der Waals surface area contributed by atoms with Crippen LogP contribution in [0.25, 0.3) is 0 Å². The van der Waals surface area contributed by atoms with E-state index >= 15 is 0 Å². The largest absolute Gasteiger partial charge is 0.484 e. The minimum absolute atomic E-state index is 0.136. The summed E-state index contributed by atoms with van der Waals surface area (Å²) < 4.78 is 15.5. The highest BCUT2D eigenvalue weighted by atomic mass is 32.2. The molecule has 106 valence electrons. The number of hydrogen-bond donors (Lipinski definition) is 0. The Morgan fingerprint density at radius 2 is 2.15 bits per heavy atom. The predicted molar refractivity (Wildman–Crippen MR) is 72.5 cm³/mol. The van der Waals surface area contributed by atoms with Crippen molar-refractivity contribution < 1.29 is 18.7 Å². The molecule has 2 rings (SSSR count). The van der Waals surface area contributed by atoms with Gasteiger partial charge in [-0.1, -0.05) is 30.0 Å². The zero-order valence-corrected chi connectivity index (χ0v) is 12.0. The van der Waals surface area contributed by atoms with Gasteiger partial charge in [-0.3, -0.25) is 4.79 Å². The second-order valence-electron chi connectivity index (χ2n) is 3.88. The smallest absolute Gasteiger partial charge is 0.316 e. The maximum absolute atomic E-state index is 11.0. The lowest BCUT2D eigenvalue weighted by Crippen LogP contribution is -2.02. The molecule has 0 radical (unpaired) electrons. The van der Waals surface area contributed by atoms with Crippen LogP contribution in [0.15, 0.2) is 33.9 Å². The molecule has 0 fully saturated rings. The number of thioether (sulfide) groups is 1. The van der Waals surface area contributed by atoms with Gasteiger partial charge in [0.2, 0.25) is 0 Å². The van der Waals surface area contributed by atoms with Gasteiger partial charge in [-0.15, -0.1) is 10.2 Å². The molecule has 0 saturated carbocycles. The Balaban J connectivity index is 1.87. The molecule has 0 aliphatic rings. The molecule has 1 aromatic heterocycles. The molecule has 0 aliphatic carbocycles. The van der Waals surface area contributed by atoms with Gasteiger partial charge in [0.15, 0.2) is 6.61 Å². The zero-order valence-electron chi connectivity index (χ0n) is 11.2. The fourth-order valence-electron chi connectivity index (χ4n) is 1.39. The number of carbonyl (C=O) groups excluding carboxylic acids is 1. The van der Waals surface area contributed by atoms with Crippen LogP contribution in [-0.2, 0) is 16.1 Å². The first-order valence-electron chi connectivity index (χ1n) is 5.89. The van der Waals surface area contributed by atoms with Gasteiger partial charge >= 0.3 is 5.97 Å². The second kappa shape index (κ2) is 6.95. The van der Waals surface area contributed by atoms with Crippen LogP contribution in [0.4, 0.5) is 0 Å². The monoisotopic (exact) mass is 294 g/mol. The van der Waals surface area contributed by atoms with Crippen LogP contribution in [0.5, 0.6) is 5.75 Å². The van der Waals surface area contributed by atoms with Crippen molar-refractivity contribution in [2.45, 2.75) is 18.8 Å². The first-order valence-corrected chi connectivity index (χ1v) is 6.88. The topological polar surface area (TPSA) is 74.5 Å². The number of aromatic nitrogens is 2. The van der Waals surface area contributed by atoms with E-state index in [4.69, 9.17) is 9.15 Å². The Morgan fingerprint density at radius 1 is 1.35 bits per heavy atom. The summed E-state index contributed by atoms with van der Waals surface area (Å²) >= 11 is 1.13. The van der Waals surface area contributed by atoms with Crippen molar-refractivity contribution in [3.63, 3.8) is 0 Å². The molecule has 0 unspecified atom stereocenters. The van der Waals surface area contributed by atoms with Crippen molar-refractivity contribution in [3.8, 4) is 5.75 Å². The standard InChI is InChI=1S/C13H14N2O4S/c1-9-5-3-4-6-10(9)18-7-11-14-15-13(19-11)20-8-12(16)17-2/h3-6H,7-8H2,1-2H3. The molecule has 0 saturated heterocycles. The number of rotatable bonds is 6. The lowest BCUT2D eigenvalue weighted by Gasteiger charge is -2.05. The zero-order chi connectivity index (χ0) is 14.4. The molecule has 1 heterocycles. The molecule has 0 bridgehead atoms. The summed E-state index contributed by atoms with van der Waals surface area (Å²) in [6.45, 7) is 2.15. The summed E-state index contributed by atoms with van der Waals surface area (Å²) in [7, 11) is 1.33. The number of nitrogens with zero attached hydrogens (tertiary/aromatic N) is 2. The fraction of sp³-hybridized carbons (Fsp3) is 0.308. The average Bonchev–Trinajstić information content (AvgIpc) is 2.92. The summed E-state index contributed by atoms with van der Waals surface area (Å²) in [5.41, 5.74) is 1.03. The number of esters is 1. The van der Waals surface area contributed by atoms with Crippen molar-refractivity contribution >= 4 is 17.7 Å². The molecule has 0 N–H and O–H groups in total. The van der Waals surface area contributed by atoms with E-state index in [0.29, 0.717) is 11.1 Å². The van der Waals surface area contributed by atoms with Crippen LogP contribution in [-0.4, -0.2) is 29.0 Å². The first-order chi connectivity index (χ1) is 9.69. The van der Waals surface area contributed by atoms with E-state index in [0.717, 1.165) is 23.1 Å². The van der Waals surface area contributed by atoms with Crippen molar-refractivity contribution in [2.24, 2.45) is 0 Å². The van der Waals surface area contributed by atoms with Crippen molar-refractivity contribution in [1.29, 1.82) is 0 Å². The number of methoxy groups -OCH3 is 1. The molecule has 0 atom stereocenters. The summed E-state index contributed by atoms with van der Waals surface area (Å²) in [6.07, 6.45) is 0. The molecule has 2 aromatic rings. The van der Waals surface area contributed by atoms with E-state index in [1.807, 2.05) is 31.2 Å². The Kier molecular flexibility index (Phi) is 5.00. The van der Waals surface area contributed by atoms with Crippen LogP contribution in [0.3, 0.4) is 0 Å². The van der Waals surface area contributed by atoms with E-state index in [-0.39, 0.29) is 18.3 Å². The lowest BCUT2D eigenvalue weighted by atomic mass is 10.2. The Labute approximate surface area is 120 Å². The molecular weight excluding hydrogens is 280 g/mol. The Morgan fingerprint density at radius 3 is 2.90 bits per heavy atom. The quantitative estimate of drug-likeness (QED) is 0.597. The highest BCUT2D eigenvalue weighted by Gasteiger charge is 2.10. The number of hydrogen-bond acceptors (Lipinski definition) is 7. The molecular formula is C13H14N2O4S. The van der Waals surface area contributed by atoms with Crippen molar-refractivity contribution in [3.05, 3.63) is 35.7 Å². The minimum Gasteiger partial charge on any atom is -0.484 e. The number of carbonyl (C=O) groups is 1. The molecule has 0 spiro atoms. The Hall–Kier alpha value is -2.02. The van der Waals surface area contributed by atoms with E-state index < -0.39 is 0 Å². The van der Waals surface area contributed by atoms with Crippen LogP contribution >= 0.6 is 11.8 Å². The van der Waals surface area contributed by atoms with Gasteiger partial charge in [-0.25, -0.2) is 0 Å². The van der Waals surface area contributed by atoms with Crippen molar-refractivity contribution in [2.75, 3.05) is 12.9 Å². The van der Waals surface area contributed by atoms with Gasteiger partial charge in [-0.2, -0.15) is 0 Å². The van der Waals surface area contributed by atoms with Crippen LogP contribution in [0, 0.1) is 6.92 Å². The Bertz CT molecular complexity index is 585. The van der Waals surface area contributed by atoms with Crippen LogP contribution in [0.1, 0.15) is 11.5 Å². The number of aryl methyl sites for hydroxylation is 1. The van der Waals surface area contributed by atoms with Crippen LogP contribution in [0.2, 0.25) is 0 Å². The van der Waals surface area contributed by atoms with E-state index in [9.17, 15) is 4.79 Å². The molecule has 1 aromatic carbocycles. The molecule has 0 aliphatic heterocycles. The van der Waals surface area contributed by atoms with Gasteiger partial charge in [0.25, 0.3) is 11.1 Å². The number of benzene rings is 1. The third-order valence-electron chi connectivity index (χ3n) is 2.43. The maximum Gasteiger partial charge on any atom is 0.316 e. The van der Waals surface area contributed by atoms with Gasteiger partial charge < -0.3 is 13.9 Å². The van der Waals surface area contributed by atoms with Gasteiger partial charge in [-0.05, 0) is 18.6 Å². The summed E-state index contributed by atoms with van der Waals surface area (Å²) in [6, 6.07) is 7.67. The minimum atomic E-state index is -0.342. The predicted octanol–water partition coefficient (Wildman–Crippen LogP) is 2.22. The van der Waals surface area contributed by atoms with Crippen molar-refractivity contribution in [1.82, 2.24) is 10.2 Å². The molecule has 0 amide bonds. The SMILES string of the molecule is COC(=O)CSc1nnc(COc2ccccc2C)o1.